The lowest BCUT2D eigenvalue weighted by molar-refractivity contribution is -0.151. The van der Waals surface area contributed by atoms with Gasteiger partial charge < -0.3 is 20.1 Å². The van der Waals surface area contributed by atoms with Crippen molar-refractivity contribution in [1.82, 2.24) is 10.6 Å². The molecule has 5 heteroatoms. The van der Waals surface area contributed by atoms with Crippen molar-refractivity contribution >= 4 is 5.91 Å². The Kier molecular flexibility index (Phi) is 7.64. The van der Waals surface area contributed by atoms with E-state index in [1.165, 1.54) is 5.56 Å². The Hall–Kier alpha value is -2.21. The molecular weight excluding hydrogens is 376 g/mol. The number of amides is 1. The van der Waals surface area contributed by atoms with E-state index in [1.54, 1.807) is 6.92 Å². The highest BCUT2D eigenvalue weighted by atomic mass is 16.8. The Balaban J connectivity index is 1.87. The van der Waals surface area contributed by atoms with Gasteiger partial charge in [0.15, 0.2) is 5.79 Å². The lowest BCUT2D eigenvalue weighted by atomic mass is 9.91. The number of likely N-dealkylation sites (N-methyl/N-ethyl adjacent to an activating group) is 1. The number of hydrogen-bond donors (Lipinski definition) is 2. The molecule has 0 aromatic heterocycles. The quantitative estimate of drug-likeness (QED) is 0.665. The molecule has 3 rings (SSSR count). The van der Waals surface area contributed by atoms with Crippen molar-refractivity contribution in [3.05, 3.63) is 71.8 Å². The smallest absolute Gasteiger partial charge is 0.217 e. The number of carbonyl (C=O) groups is 1. The van der Waals surface area contributed by atoms with E-state index in [0.717, 1.165) is 18.5 Å². The predicted molar refractivity (Wildman–Crippen MR) is 119 cm³/mol. The molecule has 1 aliphatic heterocycles. The second-order valence-corrected chi connectivity index (χ2v) is 8.42. The maximum atomic E-state index is 12.0. The van der Waals surface area contributed by atoms with Gasteiger partial charge in [0.05, 0.1) is 6.04 Å². The van der Waals surface area contributed by atoms with Crippen LogP contribution < -0.4 is 10.6 Å². The largest absolute Gasteiger partial charge is 0.351 e. The average Bonchev–Trinajstić information content (AvgIpc) is 3.04. The summed E-state index contributed by atoms with van der Waals surface area (Å²) in [6.07, 6.45) is 1.05. The molecule has 0 spiro atoms. The van der Waals surface area contributed by atoms with Crippen molar-refractivity contribution in [2.45, 2.75) is 70.6 Å². The molecule has 0 saturated carbocycles. The van der Waals surface area contributed by atoms with Crippen LogP contribution in [-0.4, -0.2) is 42.5 Å². The summed E-state index contributed by atoms with van der Waals surface area (Å²) in [5.74, 6) is -0.779. The highest BCUT2D eigenvalue weighted by molar-refractivity contribution is 5.73. The van der Waals surface area contributed by atoms with E-state index in [4.69, 9.17) is 9.47 Å². The van der Waals surface area contributed by atoms with E-state index < -0.39 is 5.79 Å². The van der Waals surface area contributed by atoms with Crippen LogP contribution in [0.4, 0.5) is 0 Å². The van der Waals surface area contributed by atoms with Gasteiger partial charge in [0.2, 0.25) is 5.91 Å². The van der Waals surface area contributed by atoms with Crippen LogP contribution in [0.1, 0.15) is 38.8 Å². The molecule has 1 saturated heterocycles. The van der Waals surface area contributed by atoms with Crippen molar-refractivity contribution in [2.75, 3.05) is 6.54 Å². The van der Waals surface area contributed by atoms with E-state index in [2.05, 4.69) is 54.0 Å². The average molecular weight is 411 g/mol. The summed E-state index contributed by atoms with van der Waals surface area (Å²) in [4.78, 5) is 12.0. The SMILES string of the molecule is CCN[C@H](Cc1ccccc1)[C@@H]1OC(C)(C)O[C@H]1[C@@H](Cc1ccccc1)NC(C)=O. The Morgan fingerprint density at radius 2 is 1.37 bits per heavy atom. The van der Waals surface area contributed by atoms with Crippen molar-refractivity contribution in [3.63, 3.8) is 0 Å². The van der Waals surface area contributed by atoms with Gasteiger partial charge in [-0.25, -0.2) is 0 Å². The minimum absolute atomic E-state index is 0.0638. The molecule has 4 atom stereocenters. The fraction of sp³-hybridized carbons (Fsp3) is 0.480. The van der Waals surface area contributed by atoms with Gasteiger partial charge in [-0.05, 0) is 44.4 Å². The molecule has 0 aliphatic carbocycles. The molecule has 1 heterocycles. The molecule has 2 aromatic rings. The standard InChI is InChI=1S/C25H34N2O3/c1-5-26-21(16-19-12-8-6-9-13-19)23-24(30-25(3,4)29-23)22(27-18(2)28)17-20-14-10-7-11-15-20/h6-15,21-24,26H,5,16-17H2,1-4H3,(H,27,28)/t21-,22-,23+,24+/m1/s1. The van der Waals surface area contributed by atoms with Crippen molar-refractivity contribution in [2.24, 2.45) is 0 Å². The van der Waals surface area contributed by atoms with Gasteiger partial charge >= 0.3 is 0 Å². The topological polar surface area (TPSA) is 59.6 Å². The summed E-state index contributed by atoms with van der Waals surface area (Å²) < 4.78 is 12.8. The van der Waals surface area contributed by atoms with Crippen LogP contribution in [0.2, 0.25) is 0 Å². The summed E-state index contributed by atoms with van der Waals surface area (Å²) >= 11 is 0. The van der Waals surface area contributed by atoms with Gasteiger partial charge in [-0.3, -0.25) is 4.79 Å². The Morgan fingerprint density at radius 3 is 1.83 bits per heavy atom. The number of ether oxygens (including phenoxy) is 2. The monoisotopic (exact) mass is 410 g/mol. The molecule has 0 radical (unpaired) electrons. The number of nitrogens with one attached hydrogen (secondary N) is 2. The lowest BCUT2D eigenvalue weighted by Gasteiger charge is -2.32. The van der Waals surface area contributed by atoms with Crippen molar-refractivity contribution in [1.29, 1.82) is 0 Å². The molecule has 162 valence electrons. The summed E-state index contributed by atoms with van der Waals surface area (Å²) in [5.41, 5.74) is 2.40. The van der Waals surface area contributed by atoms with Crippen molar-refractivity contribution < 1.29 is 14.3 Å². The van der Waals surface area contributed by atoms with Gasteiger partial charge in [0, 0.05) is 13.0 Å². The zero-order valence-corrected chi connectivity index (χ0v) is 18.4. The third kappa shape index (κ3) is 6.14. The van der Waals surface area contributed by atoms with E-state index >= 15 is 0 Å². The number of rotatable bonds is 9. The van der Waals surface area contributed by atoms with Crippen LogP contribution in [0.3, 0.4) is 0 Å². The molecule has 2 N–H and O–H groups in total. The third-order valence-electron chi connectivity index (χ3n) is 5.41. The molecule has 2 aromatic carbocycles. The first-order valence-corrected chi connectivity index (χ1v) is 10.8. The Labute approximate surface area is 180 Å². The zero-order valence-electron chi connectivity index (χ0n) is 18.4. The Morgan fingerprint density at radius 1 is 0.900 bits per heavy atom. The first-order chi connectivity index (χ1) is 14.4. The summed E-state index contributed by atoms with van der Waals surface area (Å²) in [6, 6.07) is 20.5. The maximum Gasteiger partial charge on any atom is 0.217 e. The van der Waals surface area contributed by atoms with Gasteiger partial charge in [0.25, 0.3) is 0 Å². The first kappa shape index (κ1) is 22.5. The molecule has 0 bridgehead atoms. The second kappa shape index (κ2) is 10.2. The third-order valence-corrected chi connectivity index (χ3v) is 5.41. The molecule has 1 aliphatic rings. The molecule has 1 fully saturated rings. The maximum absolute atomic E-state index is 12.0. The number of carbonyl (C=O) groups excluding carboxylic acids is 1. The normalized spacial score (nSPS) is 22.4. The van der Waals surface area contributed by atoms with Gasteiger partial charge in [0.1, 0.15) is 12.2 Å². The molecular formula is C25H34N2O3. The van der Waals surface area contributed by atoms with Gasteiger partial charge in [-0.1, -0.05) is 67.6 Å². The molecule has 1 amide bonds. The van der Waals surface area contributed by atoms with Crippen LogP contribution in [0.5, 0.6) is 0 Å². The van der Waals surface area contributed by atoms with Crippen LogP contribution in [0, 0.1) is 0 Å². The van der Waals surface area contributed by atoms with Crippen LogP contribution in [0.15, 0.2) is 60.7 Å². The highest BCUT2D eigenvalue weighted by Gasteiger charge is 2.48. The Bertz CT molecular complexity index is 795. The van der Waals surface area contributed by atoms with E-state index in [0.29, 0.717) is 6.42 Å². The van der Waals surface area contributed by atoms with E-state index in [1.807, 2.05) is 38.1 Å². The second-order valence-electron chi connectivity index (χ2n) is 8.42. The number of hydrogen-bond acceptors (Lipinski definition) is 4. The van der Waals surface area contributed by atoms with E-state index in [-0.39, 0.29) is 30.2 Å². The van der Waals surface area contributed by atoms with Crippen LogP contribution in [-0.2, 0) is 27.1 Å². The fourth-order valence-electron chi connectivity index (χ4n) is 4.25. The highest BCUT2D eigenvalue weighted by Crippen LogP contribution is 2.33. The molecule has 0 unspecified atom stereocenters. The fourth-order valence-corrected chi connectivity index (χ4v) is 4.25. The van der Waals surface area contributed by atoms with Crippen LogP contribution >= 0.6 is 0 Å². The van der Waals surface area contributed by atoms with Gasteiger partial charge in [-0.15, -0.1) is 0 Å². The molecule has 5 nitrogen and oxygen atoms in total. The summed E-state index contributed by atoms with van der Waals surface area (Å²) in [6.45, 7) is 8.37. The number of benzene rings is 2. The predicted octanol–water partition coefficient (Wildman–Crippen LogP) is 3.47. The first-order valence-electron chi connectivity index (χ1n) is 10.8. The summed E-state index contributed by atoms with van der Waals surface area (Å²) in [7, 11) is 0. The lowest BCUT2D eigenvalue weighted by Crippen LogP contribution is -2.54. The van der Waals surface area contributed by atoms with Crippen LogP contribution in [0.25, 0.3) is 0 Å². The van der Waals surface area contributed by atoms with Gasteiger partial charge in [-0.2, -0.15) is 0 Å². The minimum atomic E-state index is -0.715. The van der Waals surface area contributed by atoms with Crippen molar-refractivity contribution in [3.8, 4) is 0 Å². The zero-order chi connectivity index (χ0) is 21.6. The molecule has 30 heavy (non-hydrogen) atoms. The summed E-state index contributed by atoms with van der Waals surface area (Å²) in [5, 5.41) is 6.72. The minimum Gasteiger partial charge on any atom is -0.351 e. The van der Waals surface area contributed by atoms with E-state index in [9.17, 15) is 4.79 Å².